The van der Waals surface area contributed by atoms with Gasteiger partial charge in [-0.2, -0.15) is 0 Å². The molecular weight excluding hydrogens is 958 g/mol. The first kappa shape index (κ1) is 52.5. The fourth-order valence-corrected chi connectivity index (χ4v) is 10.2. The third kappa shape index (κ3) is 11.6. The van der Waals surface area contributed by atoms with Crippen LogP contribution in [0.15, 0.2) is 257 Å². The highest BCUT2D eigenvalue weighted by Gasteiger charge is 2.70. The Hall–Kier alpha value is -9.40. The van der Waals surface area contributed by atoms with Gasteiger partial charge in [0.1, 0.15) is 16.9 Å². The van der Waals surface area contributed by atoms with Crippen LogP contribution in [0.5, 0.6) is 0 Å². The van der Waals surface area contributed by atoms with Crippen LogP contribution in [-0.2, 0) is 29.5 Å². The van der Waals surface area contributed by atoms with Crippen LogP contribution in [-0.4, -0.2) is 40.4 Å². The van der Waals surface area contributed by atoms with Gasteiger partial charge in [0.15, 0.2) is 17.3 Å². The molecule has 9 rings (SSSR count). The number of carboxylic acids is 1. The normalized spacial score (nSPS) is 18.2. The Balaban J connectivity index is 1.55. The van der Waals surface area contributed by atoms with Crippen molar-refractivity contribution in [2.24, 2.45) is 16.3 Å². The Morgan fingerprint density at radius 2 is 0.896 bits per heavy atom. The van der Waals surface area contributed by atoms with Gasteiger partial charge in [0, 0.05) is 16.7 Å². The maximum absolute atomic E-state index is 16.4. The number of halogens is 1. The summed E-state index contributed by atoms with van der Waals surface area (Å²) in [6.07, 6.45) is 14.4. The number of aliphatic carboxylic acids is 1. The van der Waals surface area contributed by atoms with E-state index in [4.69, 9.17) is 9.73 Å². The number of dihydropyridines is 1. The van der Waals surface area contributed by atoms with Gasteiger partial charge in [-0.25, -0.2) is 14.2 Å². The van der Waals surface area contributed by atoms with Crippen LogP contribution in [0, 0.1) is 17.2 Å². The molecule has 0 amide bonds. The predicted octanol–water partition coefficient (Wildman–Crippen LogP) is 14.7. The van der Waals surface area contributed by atoms with Crippen molar-refractivity contribution >= 4 is 65.7 Å². The molecule has 1 aliphatic carbocycles. The van der Waals surface area contributed by atoms with Gasteiger partial charge in [-0.05, 0) is 126 Å². The van der Waals surface area contributed by atoms with Crippen LogP contribution < -0.4 is 0 Å². The highest BCUT2D eigenvalue weighted by molar-refractivity contribution is 6.25. The lowest BCUT2D eigenvalue weighted by atomic mass is 9.48. The summed E-state index contributed by atoms with van der Waals surface area (Å²) in [6, 6.07) is 60.8. The molecule has 2 atom stereocenters. The average Bonchev–Trinajstić information content (AvgIpc) is 4.49. The Morgan fingerprint density at radius 3 is 1.30 bits per heavy atom. The summed E-state index contributed by atoms with van der Waals surface area (Å²) >= 11 is 0. The molecule has 0 radical (unpaired) electrons. The molecule has 0 saturated heterocycles. The van der Waals surface area contributed by atoms with E-state index < -0.39 is 63.6 Å². The van der Waals surface area contributed by atoms with Crippen molar-refractivity contribution < 1.29 is 33.4 Å². The summed E-state index contributed by atoms with van der Waals surface area (Å²) in [5.41, 5.74) is -0.998. The monoisotopic (exact) mass is 1010 g/mol. The zero-order valence-electron chi connectivity index (χ0n) is 42.7. The first-order valence-corrected chi connectivity index (χ1v) is 25.6. The van der Waals surface area contributed by atoms with E-state index in [1.165, 1.54) is 42.5 Å². The van der Waals surface area contributed by atoms with E-state index >= 15 is 18.8 Å². The van der Waals surface area contributed by atoms with E-state index in [1.54, 1.807) is 62.4 Å². The van der Waals surface area contributed by atoms with Crippen molar-refractivity contribution in [1.29, 1.82) is 0 Å². The van der Waals surface area contributed by atoms with E-state index in [-0.39, 0.29) is 27.9 Å². The van der Waals surface area contributed by atoms with Crippen molar-refractivity contribution in [3.05, 3.63) is 297 Å². The number of ether oxygens (including phenoxy) is 1. The SMILES string of the molecule is CC(C)OC1=NC(C(=Cc2ccccc2)C(=O)C=Cc2ccccc2)(c2ccc(F)cc2)C(C(=Cc2ccccc2)C(=O)C=Cc2ccccc2)(C2CC2)C(C(=Cc2ccccc2)C(=O)C=Cc2ccccc2)=C1C(=O)O. The van der Waals surface area contributed by atoms with Crippen molar-refractivity contribution in [3.8, 4) is 0 Å². The summed E-state index contributed by atoms with van der Waals surface area (Å²) in [5.74, 6) is -4.94. The maximum atomic E-state index is 16.4. The first-order valence-electron chi connectivity index (χ1n) is 25.6. The molecule has 0 spiro atoms. The molecular formula is C69H56FNO6. The number of carbonyl (C=O) groups is 4. The highest BCUT2D eigenvalue weighted by atomic mass is 19.1. The smallest absolute Gasteiger partial charge is 0.341 e. The topological polar surface area (TPSA) is 110 Å². The molecule has 2 aliphatic rings. The second kappa shape index (κ2) is 23.9. The minimum atomic E-state index is -2.25. The van der Waals surface area contributed by atoms with Crippen LogP contribution in [0.1, 0.15) is 65.6 Å². The van der Waals surface area contributed by atoms with E-state index in [0.29, 0.717) is 46.2 Å². The third-order valence-electron chi connectivity index (χ3n) is 13.6. The Kier molecular flexibility index (Phi) is 16.3. The minimum Gasteiger partial charge on any atom is -0.477 e. The van der Waals surface area contributed by atoms with Gasteiger partial charge in [0.05, 0.1) is 11.5 Å². The van der Waals surface area contributed by atoms with Gasteiger partial charge >= 0.3 is 5.97 Å². The molecule has 2 unspecified atom stereocenters. The maximum Gasteiger partial charge on any atom is 0.341 e. The Morgan fingerprint density at radius 1 is 0.519 bits per heavy atom. The number of nitrogens with zero attached hydrogens (tertiary/aromatic N) is 1. The number of aliphatic imine (C=N–C) groups is 1. The summed E-state index contributed by atoms with van der Waals surface area (Å²) < 4.78 is 22.5. The van der Waals surface area contributed by atoms with Crippen molar-refractivity contribution in [1.82, 2.24) is 0 Å². The molecule has 7 aromatic rings. The van der Waals surface area contributed by atoms with E-state index in [0.717, 1.165) is 0 Å². The van der Waals surface area contributed by atoms with Crippen molar-refractivity contribution in [2.75, 3.05) is 0 Å². The molecule has 1 heterocycles. The summed E-state index contributed by atoms with van der Waals surface area (Å²) in [5, 5.41) is 12.1. The quantitative estimate of drug-likeness (QED) is 0.0808. The lowest BCUT2D eigenvalue weighted by Gasteiger charge is -2.55. The van der Waals surface area contributed by atoms with E-state index in [9.17, 15) is 9.90 Å². The second-order valence-electron chi connectivity index (χ2n) is 19.2. The molecule has 0 aromatic heterocycles. The third-order valence-corrected chi connectivity index (χ3v) is 13.6. The molecule has 1 saturated carbocycles. The summed E-state index contributed by atoms with van der Waals surface area (Å²) in [6.45, 7) is 3.46. The Bertz CT molecular complexity index is 3520. The fraction of sp³-hybridized carbons (Fsp3) is 0.116. The second-order valence-corrected chi connectivity index (χ2v) is 19.2. The van der Waals surface area contributed by atoms with Gasteiger partial charge in [0.2, 0.25) is 5.90 Å². The fourth-order valence-electron chi connectivity index (χ4n) is 10.2. The number of benzene rings is 7. The van der Waals surface area contributed by atoms with Gasteiger partial charge < -0.3 is 9.84 Å². The zero-order valence-corrected chi connectivity index (χ0v) is 42.7. The van der Waals surface area contributed by atoms with Gasteiger partial charge in [-0.15, -0.1) is 0 Å². The Labute approximate surface area is 448 Å². The average molecular weight is 1010 g/mol. The number of allylic oxidation sites excluding steroid dienone is 4. The zero-order chi connectivity index (χ0) is 53.8. The molecule has 1 fully saturated rings. The molecule has 8 heteroatoms. The predicted molar refractivity (Wildman–Crippen MR) is 306 cm³/mol. The van der Waals surface area contributed by atoms with E-state index in [2.05, 4.69) is 0 Å². The molecule has 0 bridgehead atoms. The van der Waals surface area contributed by atoms with Gasteiger partial charge in [0.25, 0.3) is 0 Å². The molecule has 77 heavy (non-hydrogen) atoms. The number of hydrogen-bond donors (Lipinski definition) is 1. The number of carboxylic acid groups (broad SMARTS) is 1. The largest absolute Gasteiger partial charge is 0.477 e. The highest BCUT2D eigenvalue weighted by Crippen LogP contribution is 2.70. The summed E-state index contributed by atoms with van der Waals surface area (Å²) in [7, 11) is 0. The van der Waals surface area contributed by atoms with Gasteiger partial charge in [-0.3, -0.25) is 14.4 Å². The first-order chi connectivity index (χ1) is 37.5. The number of rotatable bonds is 19. The standard InChI is InChI=1S/C69H56FNO6/c1-48(2)77-66-64(67(75)76)65(58(45-52-27-15-6-16-28-52)61(72)42-33-49-21-9-3-10-22-49)68(55-36-37-55,59(46-53-29-17-7-18-30-53)62(73)43-34-50-23-11-4-12-24-50)69(71-66,56-38-40-57(70)41-39-56)60(47-54-31-19-8-20-32-54)63(74)44-35-51-25-13-5-14-26-51/h3-35,38-48,55H,36-37H2,1-2H3,(H,75,76). The van der Waals surface area contributed by atoms with Crippen molar-refractivity contribution in [3.63, 3.8) is 0 Å². The van der Waals surface area contributed by atoms with Crippen LogP contribution in [0.3, 0.4) is 0 Å². The number of hydrogen-bond acceptors (Lipinski definition) is 6. The molecule has 7 nitrogen and oxygen atoms in total. The number of carbonyl (C=O) groups excluding carboxylic acids is 3. The van der Waals surface area contributed by atoms with Crippen LogP contribution in [0.2, 0.25) is 0 Å². The molecule has 1 N–H and O–H groups in total. The van der Waals surface area contributed by atoms with Crippen LogP contribution >= 0.6 is 0 Å². The summed E-state index contributed by atoms with van der Waals surface area (Å²) in [4.78, 5) is 69.3. The minimum absolute atomic E-state index is 0.00803. The molecule has 380 valence electrons. The van der Waals surface area contributed by atoms with Crippen LogP contribution in [0.25, 0.3) is 36.5 Å². The van der Waals surface area contributed by atoms with E-state index in [1.807, 2.05) is 170 Å². The molecule has 7 aromatic carbocycles. The number of ketones is 3. The lowest BCUT2D eigenvalue weighted by Crippen LogP contribution is -2.57. The molecule has 1 aliphatic heterocycles. The van der Waals surface area contributed by atoms with Gasteiger partial charge in [-0.1, -0.05) is 212 Å². The van der Waals surface area contributed by atoms with Crippen molar-refractivity contribution in [2.45, 2.75) is 38.3 Å². The van der Waals surface area contributed by atoms with Crippen LogP contribution in [0.4, 0.5) is 4.39 Å². The lowest BCUT2D eigenvalue weighted by molar-refractivity contribution is -0.132.